The second kappa shape index (κ2) is 44.9. The van der Waals surface area contributed by atoms with Crippen LogP contribution in [0.4, 0.5) is 0 Å². The first-order chi connectivity index (χ1) is 25.9. The molecule has 0 aliphatic heterocycles. The van der Waals surface area contributed by atoms with Crippen molar-refractivity contribution in [3.05, 3.63) is 0 Å². The van der Waals surface area contributed by atoms with Crippen LogP contribution < -0.4 is 0 Å². The van der Waals surface area contributed by atoms with Crippen LogP contribution in [0, 0.1) is 0 Å². The summed E-state index contributed by atoms with van der Waals surface area (Å²) >= 11 is 0. The van der Waals surface area contributed by atoms with Crippen LogP contribution in [0.2, 0.25) is 0 Å². The van der Waals surface area contributed by atoms with Gasteiger partial charge in [0, 0.05) is 0 Å². The fourth-order valence-electron chi connectivity index (χ4n) is 3.32. The zero-order valence-corrected chi connectivity index (χ0v) is 87.0. The molecule has 0 spiro atoms. The third kappa shape index (κ3) is 29.1. The molecule has 57 heavy (non-hydrogen) atoms. The highest BCUT2D eigenvalue weighted by atomic mass is 33.6. The predicted molar refractivity (Wildman–Crippen MR) is 471 cm³/mol. The normalized spacial score (nSPS) is 17.6. The van der Waals surface area contributed by atoms with Gasteiger partial charge in [-0.25, -0.2) is 6.99 Å². The average Bonchev–Trinajstić information content (AvgIpc) is 2.99. The molecule has 0 radical (unpaired) electrons. The maximum Gasteiger partial charge on any atom is -0.0000183 e. The Labute approximate surface area is 448 Å². The Morgan fingerprint density at radius 3 is 0.526 bits per heavy atom. The molecule has 0 aliphatic carbocycles. The second-order valence-electron chi connectivity index (χ2n) is 8.84. The quantitative estimate of drug-likeness (QED) is 0.0719. The first kappa shape index (κ1) is 81.5. The van der Waals surface area contributed by atoms with E-state index in [-0.39, 0.29) is 182 Å². The molecule has 0 aromatic carbocycles. The van der Waals surface area contributed by atoms with Crippen LogP contribution >= 0.6 is 456 Å². The summed E-state index contributed by atoms with van der Waals surface area (Å²) in [7, 11) is 107. The third-order valence-electron chi connectivity index (χ3n) is 4.89. The number of hydrogen-bond acceptors (Lipinski definition) is 0. The summed E-state index contributed by atoms with van der Waals surface area (Å²) in [5, 5.41) is 0. The molecular weight excluding hydrogens is 1770 g/mol. The summed E-state index contributed by atoms with van der Waals surface area (Å²) < 4.78 is 0. The van der Waals surface area contributed by atoms with Gasteiger partial charge in [0.15, 0.2) is 0 Å². The van der Waals surface area contributed by atoms with Crippen LogP contribution in [0.15, 0.2) is 0 Å². The minimum Gasteiger partial charge on any atom is -0.553 e. The van der Waals surface area contributed by atoms with Crippen molar-refractivity contribution >= 4 is 456 Å². The third-order valence-corrected chi connectivity index (χ3v) is 396. The Morgan fingerprint density at radius 1 is 0.228 bits per heavy atom. The molecule has 0 fully saturated rings. The van der Waals surface area contributed by atoms with Crippen molar-refractivity contribution in [1.29, 1.82) is 0 Å². The smallest absolute Gasteiger partial charge is 0.0000183 e. The Hall–Kier alpha value is 24.5. The molecule has 0 nitrogen and oxygen atoms in total. The summed E-state index contributed by atoms with van der Waals surface area (Å²) in [4.78, 5) is 0. The van der Waals surface area contributed by atoms with E-state index in [1.165, 1.54) is 0 Å². The van der Waals surface area contributed by atoms with E-state index >= 15 is 0 Å². The molecule has 0 saturated carbocycles. The topological polar surface area (TPSA) is 0 Å². The van der Waals surface area contributed by atoms with Crippen LogP contribution in [0.25, 0.3) is 0 Å². The van der Waals surface area contributed by atoms with Crippen molar-refractivity contribution in [3.8, 4) is 0 Å². The molecule has 0 aromatic heterocycles. The van der Waals surface area contributed by atoms with Gasteiger partial charge < -0.3 is 42.7 Å². The van der Waals surface area contributed by atoms with Gasteiger partial charge in [-0.05, 0) is 168 Å². The molecule has 344 valence electrons. The van der Waals surface area contributed by atoms with Crippen LogP contribution in [0.3, 0.4) is 0 Å². The molecule has 0 rings (SSSR count). The van der Waals surface area contributed by atoms with E-state index in [9.17, 15) is 0 Å². The maximum absolute atomic E-state index is 4.60. The molecular formula is H55P57-4. The molecule has 0 bridgehead atoms. The lowest BCUT2D eigenvalue weighted by atomic mass is 28.4. The largest absolute Gasteiger partial charge is 0.553 e. The maximum atomic E-state index is 4.60. The van der Waals surface area contributed by atoms with E-state index in [4.69, 9.17) is 0 Å². The summed E-state index contributed by atoms with van der Waals surface area (Å²) in [6.45, 7) is -6.87. The summed E-state index contributed by atoms with van der Waals surface area (Å²) in [6, 6.07) is 0. The van der Waals surface area contributed by atoms with E-state index in [0.29, 0.717) is 0 Å². The number of rotatable bonds is 27. The first-order valence-electron chi connectivity index (χ1n) is 12.8. The Bertz CT molecular complexity index is 863. The van der Waals surface area contributed by atoms with E-state index in [2.05, 4.69) is 259 Å². The van der Waals surface area contributed by atoms with Crippen LogP contribution in [-0.4, -0.2) is 0 Å². The lowest BCUT2D eigenvalue weighted by molar-refractivity contribution is 4.34. The van der Waals surface area contributed by atoms with Crippen molar-refractivity contribution in [1.82, 2.24) is 0 Å². The highest BCUT2D eigenvalue weighted by Crippen LogP contribution is 3.47. The van der Waals surface area contributed by atoms with Gasteiger partial charge in [0.2, 0.25) is 0 Å². The minimum atomic E-state index is -0.433. The molecule has 0 amide bonds. The van der Waals surface area contributed by atoms with Crippen LogP contribution in [0.5, 0.6) is 0 Å². The van der Waals surface area contributed by atoms with Gasteiger partial charge >= 0.3 is 0 Å². The Morgan fingerprint density at radius 2 is 0.386 bits per heavy atom. The Kier molecular flexibility index (Phi) is 64.2. The van der Waals surface area contributed by atoms with E-state index in [0.717, 1.165) is 7.96 Å². The summed E-state index contributed by atoms with van der Waals surface area (Å²) in [5.74, 6) is 0. The summed E-state index contributed by atoms with van der Waals surface area (Å²) in [5.41, 5.74) is 0. The highest BCUT2D eigenvalue weighted by Gasteiger charge is 2.59. The lowest BCUT2D eigenvalue weighted by Gasteiger charge is -2.62. The molecule has 0 aliphatic rings. The van der Waals surface area contributed by atoms with E-state index in [1.54, 1.807) is 0 Å². The average molecular weight is 1820 g/mol. The Balaban J connectivity index is 10.3. The molecule has 0 saturated heterocycles. The monoisotopic (exact) mass is 1820 g/mol. The minimum absolute atomic E-state index is 0.195. The molecule has 0 N–H and O–H groups in total. The van der Waals surface area contributed by atoms with Gasteiger partial charge in [-0.15, -0.1) is 230 Å². The van der Waals surface area contributed by atoms with Crippen molar-refractivity contribution in [2.45, 2.75) is 0 Å². The van der Waals surface area contributed by atoms with Crippen LogP contribution in [0.1, 0.15) is 0 Å². The molecule has 0 aromatic rings. The van der Waals surface area contributed by atoms with Gasteiger partial charge in [0.1, 0.15) is 0 Å². The van der Waals surface area contributed by atoms with Gasteiger partial charge in [0.05, 0.1) is 0 Å². The fourth-order valence-corrected chi connectivity index (χ4v) is 808. The standard InChI is InChI=1S/H55P57/c1-30-45(31(2)3)52(44(28)29)56(53(46(32(4)5)33(6)7)47(34(8)9)35(10)11)57(54(48(36(12)13)37(14)15)49(38(16)17)39(18)19)55(50(40(20)21)41(22)23)51(42(24)25)43(26)27/h1-4,30H,5-29H2/q-4. The van der Waals surface area contributed by atoms with E-state index < -0.39 is 6.99 Å². The van der Waals surface area contributed by atoms with Gasteiger partial charge in [-0.1, -0.05) is 0 Å². The zero-order valence-electron chi connectivity index (χ0n) is 29.0. The van der Waals surface area contributed by atoms with Crippen molar-refractivity contribution in [3.63, 3.8) is 0 Å². The predicted octanol–water partition coefficient (Wildman–Crippen LogP) is 34.4. The van der Waals surface area contributed by atoms with Gasteiger partial charge in [-0.3, -0.25) is 7.96 Å². The first-order valence-corrected chi connectivity index (χ1v) is 115. The van der Waals surface area contributed by atoms with Crippen LogP contribution in [-0.2, 0) is 0 Å². The zero-order chi connectivity index (χ0) is 45.3. The summed E-state index contributed by atoms with van der Waals surface area (Å²) in [6.07, 6.45) is 0. The lowest BCUT2D eigenvalue weighted by Crippen LogP contribution is -1.72. The number of hydrogen-bond donors (Lipinski definition) is 0. The molecule has 32 unspecified atom stereocenters. The van der Waals surface area contributed by atoms with Gasteiger partial charge in [0.25, 0.3) is 0 Å². The molecule has 0 heterocycles. The van der Waals surface area contributed by atoms with Crippen molar-refractivity contribution in [2.24, 2.45) is 0 Å². The SMILES string of the molecule is [PH-]PP(P([PH-])[PH-])P(P(P)P)P(P(P(P([PH-])P)P(P)P)P(P(P)P)P(P)P)P(P(P(P(P)P)P(P)P)P(P(P)P)P(P)P)P(P(P(P)P)P(P)P)P(P(P)P)P(P)P. The fraction of sp³-hybridized carbons (Fsp3) is 0. The highest BCUT2D eigenvalue weighted by molar-refractivity contribution is 9.53. The molecule has 32 atom stereocenters. The van der Waals surface area contributed by atoms with Crippen molar-refractivity contribution < 1.29 is 0 Å². The van der Waals surface area contributed by atoms with Gasteiger partial charge in [-0.2, -0.15) is 0 Å². The van der Waals surface area contributed by atoms with E-state index in [1.807, 2.05) is 0 Å². The second-order valence-corrected chi connectivity index (χ2v) is 239. The molecule has 57 heteroatoms. The van der Waals surface area contributed by atoms with Crippen molar-refractivity contribution in [2.75, 3.05) is 0 Å².